The van der Waals surface area contributed by atoms with Crippen LogP contribution < -0.4 is 5.32 Å². The van der Waals surface area contributed by atoms with E-state index in [2.05, 4.69) is 10.2 Å². The molecule has 0 bridgehead atoms. The fourth-order valence-electron chi connectivity index (χ4n) is 1.14. The summed E-state index contributed by atoms with van der Waals surface area (Å²) in [6, 6.07) is 0. The second-order valence-electron chi connectivity index (χ2n) is 3.38. The van der Waals surface area contributed by atoms with E-state index in [0.29, 0.717) is 6.54 Å². The van der Waals surface area contributed by atoms with Crippen molar-refractivity contribution in [1.29, 1.82) is 0 Å². The van der Waals surface area contributed by atoms with Crippen molar-refractivity contribution < 1.29 is 14.7 Å². The molecule has 0 aliphatic rings. The first kappa shape index (κ1) is 13.9. The number of nitrogens with one attached hydrogen (secondary N) is 1. The molecular formula is C10H20N2O3. The lowest BCUT2D eigenvalue weighted by Gasteiger charge is -2.18. The van der Waals surface area contributed by atoms with Crippen molar-refractivity contribution in [2.45, 2.75) is 20.8 Å². The molecule has 0 aromatic rings. The molecule has 0 saturated carbocycles. The molecule has 0 aliphatic carbocycles. The molecule has 1 amide bonds. The molecular weight excluding hydrogens is 196 g/mol. The van der Waals surface area contributed by atoms with Gasteiger partial charge < -0.3 is 15.3 Å². The quantitative estimate of drug-likeness (QED) is 0.595. The summed E-state index contributed by atoms with van der Waals surface area (Å²) in [6.07, 6.45) is 0. The third-order valence-corrected chi connectivity index (χ3v) is 2.39. The van der Waals surface area contributed by atoms with Gasteiger partial charge in [-0.3, -0.25) is 9.59 Å². The van der Waals surface area contributed by atoms with Crippen LogP contribution in [0, 0.1) is 5.92 Å². The van der Waals surface area contributed by atoms with Gasteiger partial charge in [-0.2, -0.15) is 0 Å². The molecule has 0 spiro atoms. The Morgan fingerprint density at radius 1 is 1.33 bits per heavy atom. The van der Waals surface area contributed by atoms with Crippen LogP contribution >= 0.6 is 0 Å². The molecule has 0 heterocycles. The molecule has 5 heteroatoms. The Hall–Kier alpha value is -1.10. The Morgan fingerprint density at radius 2 is 1.87 bits per heavy atom. The lowest BCUT2D eigenvalue weighted by Crippen LogP contribution is -2.39. The van der Waals surface area contributed by atoms with E-state index in [0.717, 1.165) is 19.6 Å². The average molecular weight is 216 g/mol. The topological polar surface area (TPSA) is 69.6 Å². The summed E-state index contributed by atoms with van der Waals surface area (Å²) in [6.45, 7) is 8.59. The molecule has 0 aromatic heterocycles. The molecule has 1 unspecified atom stereocenters. The van der Waals surface area contributed by atoms with Crippen molar-refractivity contribution in [1.82, 2.24) is 10.2 Å². The van der Waals surface area contributed by atoms with Gasteiger partial charge in [0.1, 0.15) is 5.92 Å². The maximum Gasteiger partial charge on any atom is 0.315 e. The Labute approximate surface area is 90.5 Å². The molecule has 5 nitrogen and oxygen atoms in total. The van der Waals surface area contributed by atoms with Gasteiger partial charge >= 0.3 is 5.97 Å². The molecule has 0 fully saturated rings. The Balaban J connectivity index is 3.76. The summed E-state index contributed by atoms with van der Waals surface area (Å²) < 4.78 is 0. The molecule has 0 radical (unpaired) electrons. The minimum absolute atomic E-state index is 0.422. The number of aliphatic carboxylic acids is 1. The Morgan fingerprint density at radius 3 is 2.27 bits per heavy atom. The van der Waals surface area contributed by atoms with Gasteiger partial charge in [0.25, 0.3) is 0 Å². The zero-order valence-electron chi connectivity index (χ0n) is 9.62. The first-order valence-corrected chi connectivity index (χ1v) is 5.25. The van der Waals surface area contributed by atoms with Crippen molar-refractivity contribution in [3.05, 3.63) is 0 Å². The number of likely N-dealkylation sites (N-methyl/N-ethyl adjacent to an activating group) is 1. The van der Waals surface area contributed by atoms with Crippen LogP contribution in [0.4, 0.5) is 0 Å². The highest BCUT2D eigenvalue weighted by Gasteiger charge is 2.19. The number of carboxylic acid groups (broad SMARTS) is 1. The maximum atomic E-state index is 11.2. The minimum Gasteiger partial charge on any atom is -0.481 e. The van der Waals surface area contributed by atoms with Gasteiger partial charge in [0.2, 0.25) is 5.91 Å². The third-order valence-electron chi connectivity index (χ3n) is 2.39. The van der Waals surface area contributed by atoms with Crippen LogP contribution in [0.5, 0.6) is 0 Å². The lowest BCUT2D eigenvalue weighted by atomic mass is 10.2. The summed E-state index contributed by atoms with van der Waals surface area (Å²) in [5, 5.41) is 11.2. The predicted octanol–water partition coefficient (Wildman–Crippen LogP) is 0.165. The van der Waals surface area contributed by atoms with Crippen LogP contribution in [0.3, 0.4) is 0 Å². The van der Waals surface area contributed by atoms with Crippen molar-refractivity contribution >= 4 is 11.9 Å². The molecule has 0 rings (SSSR count). The third kappa shape index (κ3) is 5.37. The number of rotatable bonds is 7. The van der Waals surface area contributed by atoms with E-state index in [-0.39, 0.29) is 0 Å². The number of carbonyl (C=O) groups is 2. The second kappa shape index (κ2) is 7.23. The smallest absolute Gasteiger partial charge is 0.315 e. The van der Waals surface area contributed by atoms with E-state index < -0.39 is 17.8 Å². The van der Waals surface area contributed by atoms with Crippen LogP contribution in [0.15, 0.2) is 0 Å². The van der Waals surface area contributed by atoms with Crippen LogP contribution in [0.25, 0.3) is 0 Å². The lowest BCUT2D eigenvalue weighted by molar-refractivity contribution is -0.146. The number of amides is 1. The van der Waals surface area contributed by atoms with E-state index in [1.54, 1.807) is 0 Å². The zero-order valence-corrected chi connectivity index (χ0v) is 9.62. The van der Waals surface area contributed by atoms with Crippen molar-refractivity contribution in [2.75, 3.05) is 26.2 Å². The zero-order chi connectivity index (χ0) is 11.8. The van der Waals surface area contributed by atoms with Crippen LogP contribution in [-0.4, -0.2) is 48.1 Å². The Kier molecular flexibility index (Phi) is 6.70. The summed E-state index contributed by atoms with van der Waals surface area (Å²) in [5.41, 5.74) is 0. The van der Waals surface area contributed by atoms with Crippen LogP contribution in [0.1, 0.15) is 20.8 Å². The monoisotopic (exact) mass is 216 g/mol. The fraction of sp³-hybridized carbons (Fsp3) is 0.800. The van der Waals surface area contributed by atoms with E-state index in [9.17, 15) is 9.59 Å². The Bertz CT molecular complexity index is 215. The highest BCUT2D eigenvalue weighted by atomic mass is 16.4. The van der Waals surface area contributed by atoms with Crippen molar-refractivity contribution in [3.8, 4) is 0 Å². The average Bonchev–Trinajstić information content (AvgIpc) is 2.22. The molecule has 15 heavy (non-hydrogen) atoms. The second-order valence-corrected chi connectivity index (χ2v) is 3.38. The normalized spacial score (nSPS) is 12.5. The fourth-order valence-corrected chi connectivity index (χ4v) is 1.14. The van der Waals surface area contributed by atoms with Crippen LogP contribution in [0.2, 0.25) is 0 Å². The molecule has 0 aliphatic heterocycles. The molecule has 88 valence electrons. The van der Waals surface area contributed by atoms with Gasteiger partial charge in [-0.05, 0) is 20.0 Å². The van der Waals surface area contributed by atoms with Crippen LogP contribution in [-0.2, 0) is 9.59 Å². The molecule has 0 saturated heterocycles. The maximum absolute atomic E-state index is 11.2. The predicted molar refractivity (Wildman–Crippen MR) is 57.6 cm³/mol. The van der Waals surface area contributed by atoms with E-state index in [4.69, 9.17) is 5.11 Å². The highest BCUT2D eigenvalue weighted by molar-refractivity contribution is 5.96. The summed E-state index contributed by atoms with van der Waals surface area (Å²) >= 11 is 0. The first-order valence-electron chi connectivity index (χ1n) is 5.25. The van der Waals surface area contributed by atoms with E-state index >= 15 is 0 Å². The standard InChI is InChI=1S/C10H20N2O3/c1-4-12(5-2)7-6-11-9(13)8(3)10(14)15/h8H,4-7H2,1-3H3,(H,11,13)(H,14,15). The van der Waals surface area contributed by atoms with Gasteiger partial charge in [0.05, 0.1) is 0 Å². The van der Waals surface area contributed by atoms with Crippen molar-refractivity contribution in [3.63, 3.8) is 0 Å². The summed E-state index contributed by atoms with van der Waals surface area (Å²) in [4.78, 5) is 23.9. The number of carbonyl (C=O) groups excluding carboxylic acids is 1. The molecule has 1 atom stereocenters. The minimum atomic E-state index is -1.09. The van der Waals surface area contributed by atoms with Crippen molar-refractivity contribution in [2.24, 2.45) is 5.92 Å². The molecule has 2 N–H and O–H groups in total. The van der Waals surface area contributed by atoms with Gasteiger partial charge in [-0.1, -0.05) is 13.8 Å². The van der Waals surface area contributed by atoms with Gasteiger partial charge in [0.15, 0.2) is 0 Å². The number of carboxylic acids is 1. The SMILES string of the molecule is CCN(CC)CCNC(=O)C(C)C(=O)O. The number of nitrogens with zero attached hydrogens (tertiary/aromatic N) is 1. The number of hydrogen-bond donors (Lipinski definition) is 2. The van der Waals surface area contributed by atoms with E-state index in [1.165, 1.54) is 6.92 Å². The molecule has 0 aromatic carbocycles. The van der Waals surface area contributed by atoms with Gasteiger partial charge in [0, 0.05) is 13.1 Å². The summed E-state index contributed by atoms with van der Waals surface area (Å²) in [7, 11) is 0. The first-order chi connectivity index (χ1) is 7.02. The number of hydrogen-bond acceptors (Lipinski definition) is 3. The summed E-state index contributed by atoms with van der Waals surface area (Å²) in [5.74, 6) is -2.48. The van der Waals surface area contributed by atoms with Gasteiger partial charge in [-0.25, -0.2) is 0 Å². The largest absolute Gasteiger partial charge is 0.481 e. The van der Waals surface area contributed by atoms with Gasteiger partial charge in [-0.15, -0.1) is 0 Å². The highest BCUT2D eigenvalue weighted by Crippen LogP contribution is 1.93. The van der Waals surface area contributed by atoms with E-state index in [1.807, 2.05) is 13.8 Å².